The Morgan fingerprint density at radius 2 is 2.00 bits per heavy atom. The number of hydrogen-bond acceptors (Lipinski definition) is 4. The van der Waals surface area contributed by atoms with E-state index in [0.29, 0.717) is 23.1 Å². The number of carbonyl (C=O) groups excluding carboxylic acids is 1. The smallest absolute Gasteiger partial charge is 0.290 e. The van der Waals surface area contributed by atoms with Crippen LogP contribution in [0.4, 0.5) is 4.39 Å². The van der Waals surface area contributed by atoms with Gasteiger partial charge in [0.1, 0.15) is 11.4 Å². The van der Waals surface area contributed by atoms with Crippen LogP contribution in [0.25, 0.3) is 11.0 Å². The molecule has 4 rings (SSSR count). The van der Waals surface area contributed by atoms with Crippen LogP contribution in [-0.4, -0.2) is 36.8 Å². The predicted octanol–water partition coefficient (Wildman–Crippen LogP) is 3.71. The van der Waals surface area contributed by atoms with Crippen LogP contribution in [0, 0.1) is 12.7 Å². The maximum atomic E-state index is 13.6. The minimum Gasteiger partial charge on any atom is -0.451 e. The number of halogens is 1. The first-order valence-electron chi connectivity index (χ1n) is 9.08. The van der Waals surface area contributed by atoms with E-state index in [0.717, 1.165) is 5.39 Å². The molecule has 0 radical (unpaired) electrons. The van der Waals surface area contributed by atoms with E-state index >= 15 is 0 Å². The van der Waals surface area contributed by atoms with Crippen molar-refractivity contribution in [1.82, 2.24) is 4.90 Å². The molecule has 1 saturated heterocycles. The zero-order valence-electron chi connectivity index (χ0n) is 15.4. The number of fused-ring (bicyclic) bond motifs is 1. The van der Waals surface area contributed by atoms with Crippen LogP contribution in [0.1, 0.15) is 28.1 Å². The van der Waals surface area contributed by atoms with Crippen LogP contribution >= 0.6 is 0 Å². The second kappa shape index (κ2) is 7.05. The van der Waals surface area contributed by atoms with Gasteiger partial charge >= 0.3 is 0 Å². The van der Waals surface area contributed by atoms with E-state index in [2.05, 4.69) is 0 Å². The Bertz CT molecular complexity index is 1150. The van der Waals surface area contributed by atoms with Crippen molar-refractivity contribution in [2.75, 3.05) is 11.5 Å². The molecule has 0 bridgehead atoms. The number of amides is 1. The minimum atomic E-state index is -3.19. The van der Waals surface area contributed by atoms with Crippen LogP contribution in [0.5, 0.6) is 0 Å². The van der Waals surface area contributed by atoms with Crippen molar-refractivity contribution >= 4 is 26.7 Å². The summed E-state index contributed by atoms with van der Waals surface area (Å²) in [6.07, 6.45) is 0.364. The van der Waals surface area contributed by atoms with Gasteiger partial charge < -0.3 is 9.32 Å². The number of hydrogen-bond donors (Lipinski definition) is 0. The summed E-state index contributed by atoms with van der Waals surface area (Å²) in [6.45, 7) is 1.93. The van der Waals surface area contributed by atoms with Crippen molar-refractivity contribution in [1.29, 1.82) is 0 Å². The topological polar surface area (TPSA) is 67.6 Å². The standard InChI is InChI=1S/C21H20FNO4S/c1-14-18-7-2-3-8-19(18)27-20(14)21(24)23(17-9-10-28(25,26)13-17)12-15-5-4-6-16(22)11-15/h2-8,11,17H,9-10,12-13H2,1H3/t17-/m1/s1. The lowest BCUT2D eigenvalue weighted by Gasteiger charge is -2.28. The van der Waals surface area contributed by atoms with Gasteiger partial charge in [-0.25, -0.2) is 12.8 Å². The summed E-state index contributed by atoms with van der Waals surface area (Å²) < 4.78 is 43.4. The molecule has 5 nitrogen and oxygen atoms in total. The first-order valence-corrected chi connectivity index (χ1v) is 10.9. The number of rotatable bonds is 4. The molecule has 0 N–H and O–H groups in total. The van der Waals surface area contributed by atoms with Crippen molar-refractivity contribution in [3.05, 3.63) is 71.2 Å². The largest absolute Gasteiger partial charge is 0.451 e. The summed E-state index contributed by atoms with van der Waals surface area (Å²) in [4.78, 5) is 14.9. The maximum Gasteiger partial charge on any atom is 0.290 e. The number of sulfone groups is 1. The molecule has 1 aliphatic rings. The molecule has 1 amide bonds. The van der Waals surface area contributed by atoms with E-state index in [1.165, 1.54) is 17.0 Å². The zero-order chi connectivity index (χ0) is 19.9. The van der Waals surface area contributed by atoms with Gasteiger partial charge in [-0.1, -0.05) is 30.3 Å². The summed E-state index contributed by atoms with van der Waals surface area (Å²) in [5, 5.41) is 0.843. The lowest BCUT2D eigenvalue weighted by Crippen LogP contribution is -2.40. The lowest BCUT2D eigenvalue weighted by atomic mass is 10.1. The third-order valence-corrected chi connectivity index (χ3v) is 6.94. The Morgan fingerprint density at radius 1 is 1.21 bits per heavy atom. The highest BCUT2D eigenvalue weighted by molar-refractivity contribution is 7.91. The van der Waals surface area contributed by atoms with Gasteiger partial charge in [-0.3, -0.25) is 4.79 Å². The Balaban J connectivity index is 1.73. The van der Waals surface area contributed by atoms with E-state index in [1.807, 2.05) is 25.1 Å². The van der Waals surface area contributed by atoms with Gasteiger partial charge in [0, 0.05) is 23.5 Å². The first kappa shape index (κ1) is 18.7. The highest BCUT2D eigenvalue weighted by Crippen LogP contribution is 2.29. The number of para-hydroxylation sites is 1. The van der Waals surface area contributed by atoms with Gasteiger partial charge in [-0.15, -0.1) is 0 Å². The fourth-order valence-corrected chi connectivity index (χ4v) is 5.46. The van der Waals surface area contributed by atoms with Crippen LogP contribution < -0.4 is 0 Å². The normalized spacial score (nSPS) is 18.4. The monoisotopic (exact) mass is 401 g/mol. The van der Waals surface area contributed by atoms with Crippen LogP contribution in [-0.2, 0) is 16.4 Å². The van der Waals surface area contributed by atoms with Gasteiger partial charge in [0.2, 0.25) is 0 Å². The Hall–Kier alpha value is -2.67. The molecule has 1 fully saturated rings. The van der Waals surface area contributed by atoms with Crippen LogP contribution in [0.2, 0.25) is 0 Å². The molecule has 0 spiro atoms. The third-order valence-electron chi connectivity index (χ3n) is 5.19. The fraction of sp³-hybridized carbons (Fsp3) is 0.286. The Kier molecular flexibility index (Phi) is 4.71. The molecule has 2 aromatic carbocycles. The minimum absolute atomic E-state index is 0.0453. The van der Waals surface area contributed by atoms with Gasteiger partial charge in [0.15, 0.2) is 15.6 Å². The molecule has 0 saturated carbocycles. The average molecular weight is 401 g/mol. The van der Waals surface area contributed by atoms with Crippen molar-refractivity contribution in [3.63, 3.8) is 0 Å². The van der Waals surface area contributed by atoms with Crippen molar-refractivity contribution < 1.29 is 22.0 Å². The molecule has 1 aromatic heterocycles. The second-order valence-electron chi connectivity index (χ2n) is 7.17. The molecular weight excluding hydrogens is 381 g/mol. The van der Waals surface area contributed by atoms with Crippen molar-refractivity contribution in [2.45, 2.75) is 25.9 Å². The lowest BCUT2D eigenvalue weighted by molar-refractivity contribution is 0.0649. The molecule has 1 aliphatic heterocycles. The molecular formula is C21H20FNO4S. The number of furan rings is 1. The molecule has 2 heterocycles. The number of aryl methyl sites for hydroxylation is 1. The Morgan fingerprint density at radius 3 is 2.68 bits per heavy atom. The maximum absolute atomic E-state index is 13.6. The molecule has 1 atom stereocenters. The second-order valence-corrected chi connectivity index (χ2v) is 9.40. The van der Waals surface area contributed by atoms with Gasteiger partial charge in [-0.2, -0.15) is 0 Å². The summed E-state index contributed by atoms with van der Waals surface area (Å²) in [5.74, 6) is -0.623. The quantitative estimate of drug-likeness (QED) is 0.668. The number of benzene rings is 2. The summed E-state index contributed by atoms with van der Waals surface area (Å²) in [6, 6.07) is 12.9. The SMILES string of the molecule is Cc1c(C(=O)N(Cc2cccc(F)c2)[C@@H]2CCS(=O)(=O)C2)oc2ccccc12. The molecule has 3 aromatic rings. The van der Waals surface area contributed by atoms with Gasteiger partial charge in [0.05, 0.1) is 11.5 Å². The van der Waals surface area contributed by atoms with Crippen LogP contribution in [0.15, 0.2) is 52.9 Å². The molecule has 28 heavy (non-hydrogen) atoms. The van der Waals surface area contributed by atoms with E-state index < -0.39 is 21.7 Å². The average Bonchev–Trinajstić information content (AvgIpc) is 3.19. The summed E-state index contributed by atoms with van der Waals surface area (Å²) in [5.41, 5.74) is 1.92. The fourth-order valence-electron chi connectivity index (χ4n) is 3.73. The third kappa shape index (κ3) is 3.54. The van der Waals surface area contributed by atoms with Gasteiger partial charge in [0.25, 0.3) is 5.91 Å². The zero-order valence-corrected chi connectivity index (χ0v) is 16.2. The number of carbonyl (C=O) groups is 1. The van der Waals surface area contributed by atoms with Crippen molar-refractivity contribution in [3.8, 4) is 0 Å². The van der Waals surface area contributed by atoms with E-state index in [1.54, 1.807) is 18.2 Å². The summed E-state index contributed by atoms with van der Waals surface area (Å²) >= 11 is 0. The van der Waals surface area contributed by atoms with Gasteiger partial charge in [-0.05, 0) is 37.1 Å². The molecule has 0 aliphatic carbocycles. The first-order chi connectivity index (χ1) is 13.3. The molecule has 7 heteroatoms. The van der Waals surface area contributed by atoms with E-state index in [4.69, 9.17) is 4.42 Å². The Labute approximate surface area is 162 Å². The summed E-state index contributed by atoms with van der Waals surface area (Å²) in [7, 11) is -3.19. The highest BCUT2D eigenvalue weighted by atomic mass is 32.2. The number of nitrogens with zero attached hydrogens (tertiary/aromatic N) is 1. The molecule has 146 valence electrons. The van der Waals surface area contributed by atoms with Crippen LogP contribution in [0.3, 0.4) is 0 Å². The predicted molar refractivity (Wildman–Crippen MR) is 104 cm³/mol. The van der Waals surface area contributed by atoms with E-state index in [-0.39, 0.29) is 29.7 Å². The van der Waals surface area contributed by atoms with E-state index in [9.17, 15) is 17.6 Å². The molecule has 0 unspecified atom stereocenters. The highest BCUT2D eigenvalue weighted by Gasteiger charge is 2.36. The van der Waals surface area contributed by atoms with Crippen molar-refractivity contribution in [2.24, 2.45) is 0 Å².